The molecule has 238 valence electrons. The van der Waals surface area contributed by atoms with Crippen molar-refractivity contribution in [3.63, 3.8) is 0 Å². The van der Waals surface area contributed by atoms with Crippen LogP contribution in [0.15, 0.2) is 78.2 Å². The zero-order chi connectivity index (χ0) is 31.4. The number of aromatic amines is 1. The van der Waals surface area contributed by atoms with E-state index in [9.17, 15) is 14.4 Å². The van der Waals surface area contributed by atoms with Gasteiger partial charge in [0.2, 0.25) is 12.2 Å². The Morgan fingerprint density at radius 2 is 1.68 bits per heavy atom. The number of aromatic nitrogens is 4. The van der Waals surface area contributed by atoms with Gasteiger partial charge in [0.05, 0.1) is 12.7 Å². The van der Waals surface area contributed by atoms with Gasteiger partial charge in [0.25, 0.3) is 5.56 Å². The van der Waals surface area contributed by atoms with Gasteiger partial charge in [0.1, 0.15) is 6.23 Å². The Morgan fingerprint density at radius 1 is 1.02 bits per heavy atom. The van der Waals surface area contributed by atoms with Crippen molar-refractivity contribution in [2.75, 3.05) is 20.1 Å². The maximum Gasteiger partial charge on any atom is 0.411 e. The van der Waals surface area contributed by atoms with Crippen molar-refractivity contribution in [3.05, 3.63) is 83.8 Å². The van der Waals surface area contributed by atoms with Crippen LogP contribution < -0.4 is 10.9 Å². The van der Waals surface area contributed by atoms with Gasteiger partial charge in [-0.15, -0.1) is 0 Å². The van der Waals surface area contributed by atoms with Gasteiger partial charge in [-0.25, -0.2) is 14.8 Å². The summed E-state index contributed by atoms with van der Waals surface area (Å²) >= 11 is 0. The molecule has 1 fully saturated rings. The number of allylic oxidation sites excluding steroid dienone is 10. The summed E-state index contributed by atoms with van der Waals surface area (Å²) in [4.78, 5) is 48.7. The third kappa shape index (κ3) is 12.2. The number of ether oxygens (including phenoxy) is 2. The lowest BCUT2D eigenvalue weighted by atomic mass is 10.2. The highest BCUT2D eigenvalue weighted by Crippen LogP contribution is 2.30. The molecule has 11 nitrogen and oxygen atoms in total. The number of H-pyrrole nitrogens is 1. The van der Waals surface area contributed by atoms with Crippen LogP contribution in [-0.4, -0.2) is 62.8 Å². The highest BCUT2D eigenvalue weighted by atomic mass is 16.7. The van der Waals surface area contributed by atoms with Crippen LogP contribution in [0.2, 0.25) is 0 Å². The fourth-order valence-corrected chi connectivity index (χ4v) is 4.45. The largest absolute Gasteiger partial charge is 0.419 e. The molecule has 1 aliphatic heterocycles. The molecular weight excluding hydrogens is 560 g/mol. The lowest BCUT2D eigenvalue weighted by Crippen LogP contribution is -2.37. The Labute approximate surface area is 259 Å². The van der Waals surface area contributed by atoms with E-state index in [1.807, 2.05) is 0 Å². The van der Waals surface area contributed by atoms with E-state index in [-0.39, 0.29) is 17.0 Å². The van der Waals surface area contributed by atoms with Gasteiger partial charge in [-0.05, 0) is 51.4 Å². The van der Waals surface area contributed by atoms with Crippen LogP contribution in [0.5, 0.6) is 0 Å². The first kappa shape index (κ1) is 34.2. The van der Waals surface area contributed by atoms with Crippen molar-refractivity contribution in [3.8, 4) is 0 Å². The van der Waals surface area contributed by atoms with Gasteiger partial charge >= 0.3 is 6.09 Å². The summed E-state index contributed by atoms with van der Waals surface area (Å²) in [7, 11) is 1.61. The molecule has 0 spiro atoms. The predicted octanol–water partition coefficient (Wildman–Crippen LogP) is 5.86. The molecule has 2 aromatic rings. The molecular formula is C33H46N6O5. The Bertz CT molecular complexity index is 1370. The summed E-state index contributed by atoms with van der Waals surface area (Å²) in [5.74, 6) is -0.0407. The van der Waals surface area contributed by atoms with Crippen molar-refractivity contribution in [2.45, 2.75) is 83.6 Å². The second-order valence-electron chi connectivity index (χ2n) is 10.4. The molecule has 44 heavy (non-hydrogen) atoms. The van der Waals surface area contributed by atoms with E-state index in [1.165, 1.54) is 17.6 Å². The number of carbonyl (C=O) groups is 2. The molecule has 3 rings (SSSR count). The molecule has 1 saturated heterocycles. The number of hydrogen-bond donors (Lipinski definition) is 2. The SMILES string of the molecule is CC/C=C\C/C=C\C/C=C\C/C=C\C/C=C\CCCC(=O)NCCN(C)C(=O)O[C@H]1CC[C@H](n2cnc3c(=O)[nH]cnc32)O1. The van der Waals surface area contributed by atoms with Crippen molar-refractivity contribution in [1.29, 1.82) is 0 Å². The van der Waals surface area contributed by atoms with E-state index in [0.717, 1.165) is 44.9 Å². The first-order valence-electron chi connectivity index (χ1n) is 15.5. The number of hydrogen-bond acceptors (Lipinski definition) is 7. The van der Waals surface area contributed by atoms with E-state index in [0.29, 0.717) is 38.0 Å². The number of rotatable bonds is 18. The highest BCUT2D eigenvalue weighted by molar-refractivity contribution is 5.76. The van der Waals surface area contributed by atoms with E-state index in [1.54, 1.807) is 11.6 Å². The number of imidazole rings is 1. The standard InChI is InChI=1S/C33H46N6O5/c1-3-4-5-6-7-8-9-10-11-12-13-14-15-16-17-18-19-20-27(40)34-23-24-38(2)33(42)44-29-22-21-28(43-29)39-26-37-30-31(39)35-25-36-32(30)41/h4-5,7-8,10-11,13-14,16-17,25-26,28-29H,3,6,9,12,15,18-24H2,1-2H3,(H,34,40)(H,35,36,41)/b5-4-,8-7-,11-10-,14-13-,17-16-/t28-,29+/m1/s1. The number of likely N-dealkylation sites (N-methyl/N-ethyl adjacent to an activating group) is 1. The topological polar surface area (TPSA) is 131 Å². The summed E-state index contributed by atoms with van der Waals surface area (Å²) in [5.41, 5.74) is 0.317. The minimum absolute atomic E-state index is 0.0407. The zero-order valence-corrected chi connectivity index (χ0v) is 25.9. The maximum absolute atomic E-state index is 12.5. The molecule has 2 amide bonds. The first-order valence-corrected chi connectivity index (χ1v) is 15.5. The molecule has 2 aromatic heterocycles. The van der Waals surface area contributed by atoms with E-state index in [4.69, 9.17) is 9.47 Å². The summed E-state index contributed by atoms with van der Waals surface area (Å²) in [6.07, 6.45) is 30.8. The minimum atomic E-state index is -0.722. The third-order valence-electron chi connectivity index (χ3n) is 6.88. The average molecular weight is 607 g/mol. The monoisotopic (exact) mass is 606 g/mol. The lowest BCUT2D eigenvalue weighted by molar-refractivity contribution is -0.123. The van der Waals surface area contributed by atoms with Crippen LogP contribution in [0.1, 0.15) is 77.4 Å². The highest BCUT2D eigenvalue weighted by Gasteiger charge is 2.31. The molecule has 0 aromatic carbocycles. The number of nitrogens with one attached hydrogen (secondary N) is 2. The second kappa shape index (κ2) is 19.8. The average Bonchev–Trinajstić information content (AvgIpc) is 3.66. The van der Waals surface area contributed by atoms with E-state index in [2.05, 4.69) is 88.0 Å². The fourth-order valence-electron chi connectivity index (χ4n) is 4.45. The Kier molecular flexibility index (Phi) is 15.4. The van der Waals surface area contributed by atoms with Gasteiger partial charge in [0, 0.05) is 33.0 Å². The molecule has 0 bridgehead atoms. The maximum atomic E-state index is 12.5. The third-order valence-corrected chi connectivity index (χ3v) is 6.88. The summed E-state index contributed by atoms with van der Waals surface area (Å²) < 4.78 is 13.0. The van der Waals surface area contributed by atoms with Crippen LogP contribution in [0.4, 0.5) is 4.79 Å². The smallest absolute Gasteiger partial charge is 0.411 e. The molecule has 1 aliphatic rings. The zero-order valence-electron chi connectivity index (χ0n) is 25.9. The molecule has 11 heteroatoms. The predicted molar refractivity (Wildman–Crippen MR) is 172 cm³/mol. The van der Waals surface area contributed by atoms with E-state index >= 15 is 0 Å². The normalized spacial score (nSPS) is 17.3. The van der Waals surface area contributed by atoms with Crippen LogP contribution in [0.3, 0.4) is 0 Å². The number of unbranched alkanes of at least 4 members (excludes halogenated alkanes) is 1. The van der Waals surface area contributed by atoms with Crippen LogP contribution in [0.25, 0.3) is 11.2 Å². The fraction of sp³-hybridized carbons (Fsp3) is 0.485. The van der Waals surface area contributed by atoms with Gasteiger partial charge in [-0.1, -0.05) is 67.7 Å². The minimum Gasteiger partial charge on any atom is -0.419 e. The Hall–Kier alpha value is -4.25. The second-order valence-corrected chi connectivity index (χ2v) is 10.4. The van der Waals surface area contributed by atoms with E-state index < -0.39 is 18.6 Å². The van der Waals surface area contributed by atoms with Gasteiger partial charge < -0.3 is 24.7 Å². The van der Waals surface area contributed by atoms with Crippen molar-refractivity contribution in [1.82, 2.24) is 29.7 Å². The molecule has 0 unspecified atom stereocenters. The number of fused-ring (bicyclic) bond motifs is 1. The number of nitrogens with zero attached hydrogens (tertiary/aromatic N) is 4. The molecule has 0 radical (unpaired) electrons. The summed E-state index contributed by atoms with van der Waals surface area (Å²) in [6.45, 7) is 2.79. The van der Waals surface area contributed by atoms with Crippen molar-refractivity contribution < 1.29 is 19.1 Å². The number of carbonyl (C=O) groups excluding carboxylic acids is 2. The van der Waals surface area contributed by atoms with Gasteiger partial charge in [0.15, 0.2) is 11.2 Å². The quantitative estimate of drug-likeness (QED) is 0.160. The van der Waals surface area contributed by atoms with Crippen LogP contribution in [0, 0.1) is 0 Å². The molecule has 2 atom stereocenters. The molecule has 0 saturated carbocycles. The van der Waals surface area contributed by atoms with Crippen molar-refractivity contribution >= 4 is 23.2 Å². The summed E-state index contributed by atoms with van der Waals surface area (Å²) in [6, 6.07) is 0. The lowest BCUT2D eigenvalue weighted by Gasteiger charge is -2.20. The number of amides is 2. The molecule has 2 N–H and O–H groups in total. The van der Waals surface area contributed by atoms with Crippen molar-refractivity contribution in [2.24, 2.45) is 0 Å². The summed E-state index contributed by atoms with van der Waals surface area (Å²) in [5, 5.41) is 2.85. The van der Waals surface area contributed by atoms with Gasteiger partial charge in [-0.3, -0.25) is 14.2 Å². The van der Waals surface area contributed by atoms with Crippen LogP contribution in [-0.2, 0) is 14.3 Å². The van der Waals surface area contributed by atoms with Crippen LogP contribution >= 0.6 is 0 Å². The Morgan fingerprint density at radius 3 is 2.36 bits per heavy atom. The van der Waals surface area contributed by atoms with Gasteiger partial charge in [-0.2, -0.15) is 0 Å². The first-order chi connectivity index (χ1) is 21.5. The molecule has 3 heterocycles. The molecule has 0 aliphatic carbocycles. The Balaban J connectivity index is 1.19.